The first-order valence-electron chi connectivity index (χ1n) is 6.10. The Bertz CT molecular complexity index is 723. The van der Waals surface area contributed by atoms with Gasteiger partial charge in [-0.1, -0.05) is 42.5 Å². The maximum absolute atomic E-state index is 5.86. The highest BCUT2D eigenvalue weighted by atomic mass is 79.9. The molecule has 0 saturated heterocycles. The Morgan fingerprint density at radius 2 is 1.85 bits per heavy atom. The van der Waals surface area contributed by atoms with Gasteiger partial charge in [0.25, 0.3) is 0 Å². The number of aromatic nitrogens is 4. The number of rotatable bonds is 3. The first kappa shape index (κ1) is 12.8. The third kappa shape index (κ3) is 2.55. The molecule has 0 atom stereocenters. The maximum Gasteiger partial charge on any atom is 0.204 e. The molecule has 0 unspecified atom stereocenters. The van der Waals surface area contributed by atoms with Crippen LogP contribution in [0.3, 0.4) is 0 Å². The predicted octanol–water partition coefficient (Wildman–Crippen LogP) is 2.73. The van der Waals surface area contributed by atoms with Crippen molar-refractivity contribution < 1.29 is 0 Å². The van der Waals surface area contributed by atoms with Crippen molar-refractivity contribution in [1.82, 2.24) is 20.2 Å². The summed E-state index contributed by atoms with van der Waals surface area (Å²) in [6.07, 6.45) is 0. The van der Waals surface area contributed by atoms with Gasteiger partial charge < -0.3 is 5.73 Å². The van der Waals surface area contributed by atoms with E-state index in [1.807, 2.05) is 48.5 Å². The molecule has 0 fully saturated rings. The average Bonchev–Trinajstić information content (AvgIpc) is 2.93. The molecule has 0 spiro atoms. The van der Waals surface area contributed by atoms with Crippen molar-refractivity contribution in [1.29, 1.82) is 0 Å². The topological polar surface area (TPSA) is 69.6 Å². The average molecular weight is 330 g/mol. The Morgan fingerprint density at radius 1 is 1.05 bits per heavy atom. The third-order valence-electron chi connectivity index (χ3n) is 2.91. The lowest BCUT2D eigenvalue weighted by molar-refractivity contribution is 0.572. The zero-order valence-electron chi connectivity index (χ0n) is 10.6. The van der Waals surface area contributed by atoms with Crippen molar-refractivity contribution >= 4 is 21.6 Å². The minimum absolute atomic E-state index is 0.519. The van der Waals surface area contributed by atoms with Gasteiger partial charge in [-0.25, -0.2) is 0 Å². The molecule has 6 heteroatoms. The van der Waals surface area contributed by atoms with Crippen molar-refractivity contribution in [3.63, 3.8) is 0 Å². The summed E-state index contributed by atoms with van der Waals surface area (Å²) in [5.74, 6) is 0.616. The molecule has 0 amide bonds. The van der Waals surface area contributed by atoms with Crippen LogP contribution in [0.4, 0.5) is 5.69 Å². The van der Waals surface area contributed by atoms with E-state index in [2.05, 4.69) is 31.3 Å². The number of tetrazole rings is 1. The summed E-state index contributed by atoms with van der Waals surface area (Å²) in [6, 6.07) is 15.5. The molecule has 1 heterocycles. The Morgan fingerprint density at radius 3 is 2.65 bits per heavy atom. The summed E-state index contributed by atoms with van der Waals surface area (Å²) >= 11 is 3.48. The molecule has 0 saturated carbocycles. The largest absolute Gasteiger partial charge is 0.398 e. The zero-order valence-corrected chi connectivity index (χ0v) is 12.2. The van der Waals surface area contributed by atoms with Gasteiger partial charge in [-0.15, -0.1) is 10.2 Å². The minimum Gasteiger partial charge on any atom is -0.398 e. The van der Waals surface area contributed by atoms with Crippen LogP contribution >= 0.6 is 15.9 Å². The van der Waals surface area contributed by atoms with Crippen LogP contribution in [0.15, 0.2) is 53.0 Å². The van der Waals surface area contributed by atoms with E-state index in [-0.39, 0.29) is 0 Å². The molecule has 2 aromatic carbocycles. The second-order valence-electron chi connectivity index (χ2n) is 4.33. The monoisotopic (exact) mass is 329 g/mol. The second kappa shape index (κ2) is 5.42. The van der Waals surface area contributed by atoms with Gasteiger partial charge in [0, 0.05) is 15.7 Å². The summed E-state index contributed by atoms with van der Waals surface area (Å²) < 4.78 is 0.874. The van der Waals surface area contributed by atoms with E-state index in [1.165, 1.54) is 0 Å². The van der Waals surface area contributed by atoms with E-state index in [1.54, 1.807) is 4.80 Å². The van der Waals surface area contributed by atoms with Gasteiger partial charge in [0.05, 0.1) is 6.54 Å². The highest BCUT2D eigenvalue weighted by Gasteiger charge is 2.08. The molecule has 3 rings (SSSR count). The Hall–Kier alpha value is -2.21. The summed E-state index contributed by atoms with van der Waals surface area (Å²) in [5, 5.41) is 12.5. The van der Waals surface area contributed by atoms with Gasteiger partial charge in [-0.2, -0.15) is 4.80 Å². The van der Waals surface area contributed by atoms with Gasteiger partial charge in [-0.3, -0.25) is 0 Å². The highest BCUT2D eigenvalue weighted by Crippen LogP contribution is 2.24. The van der Waals surface area contributed by atoms with Crippen molar-refractivity contribution in [2.75, 3.05) is 5.73 Å². The first-order chi connectivity index (χ1) is 9.74. The molecule has 100 valence electrons. The third-order valence-corrected chi connectivity index (χ3v) is 3.87. The fourth-order valence-electron chi connectivity index (χ4n) is 1.89. The molecule has 1 aromatic heterocycles. The van der Waals surface area contributed by atoms with Crippen molar-refractivity contribution in [3.8, 4) is 11.4 Å². The molecule has 5 nitrogen and oxygen atoms in total. The van der Waals surface area contributed by atoms with Crippen molar-refractivity contribution in [3.05, 3.63) is 58.6 Å². The van der Waals surface area contributed by atoms with Crippen molar-refractivity contribution in [2.45, 2.75) is 6.54 Å². The van der Waals surface area contributed by atoms with Gasteiger partial charge >= 0.3 is 0 Å². The van der Waals surface area contributed by atoms with Crippen LogP contribution in [0, 0.1) is 0 Å². The molecule has 20 heavy (non-hydrogen) atoms. The minimum atomic E-state index is 0.519. The number of nitrogen functional groups attached to an aromatic ring is 1. The number of hydrogen-bond donors (Lipinski definition) is 1. The lowest BCUT2D eigenvalue weighted by atomic mass is 10.2. The van der Waals surface area contributed by atoms with E-state index in [0.717, 1.165) is 15.6 Å². The Labute approximate surface area is 124 Å². The lowest BCUT2D eigenvalue weighted by Gasteiger charge is -2.05. The lowest BCUT2D eigenvalue weighted by Crippen LogP contribution is -2.05. The standard InChI is InChI=1S/C14H12BrN5/c15-13-11(7-4-8-12(13)16)9-20-18-14(17-19-20)10-5-2-1-3-6-10/h1-8H,9,16H2. The fraction of sp³-hybridized carbons (Fsp3) is 0.0714. The van der Waals surface area contributed by atoms with Gasteiger partial charge in [-0.05, 0) is 32.8 Å². The summed E-state index contributed by atoms with van der Waals surface area (Å²) in [5.41, 5.74) is 8.52. The van der Waals surface area contributed by atoms with Crippen LogP contribution in [-0.4, -0.2) is 20.2 Å². The highest BCUT2D eigenvalue weighted by molar-refractivity contribution is 9.10. The van der Waals surface area contributed by atoms with Gasteiger partial charge in [0.15, 0.2) is 0 Å². The molecule has 0 aliphatic carbocycles. The maximum atomic E-state index is 5.86. The number of anilines is 1. The fourth-order valence-corrected chi connectivity index (χ4v) is 2.28. The molecule has 3 aromatic rings. The molecule has 0 aliphatic heterocycles. The zero-order chi connectivity index (χ0) is 13.9. The first-order valence-corrected chi connectivity index (χ1v) is 6.89. The van der Waals surface area contributed by atoms with Crippen molar-refractivity contribution in [2.24, 2.45) is 0 Å². The number of nitrogens with two attached hydrogens (primary N) is 1. The molecule has 0 bridgehead atoms. The SMILES string of the molecule is Nc1cccc(Cn2nnc(-c3ccccc3)n2)c1Br. The van der Waals surface area contributed by atoms with Crippen LogP contribution in [0.25, 0.3) is 11.4 Å². The normalized spacial score (nSPS) is 10.7. The number of halogens is 1. The molecular weight excluding hydrogens is 318 g/mol. The van der Waals surface area contributed by atoms with Crippen LogP contribution in [0.1, 0.15) is 5.56 Å². The smallest absolute Gasteiger partial charge is 0.204 e. The second-order valence-corrected chi connectivity index (χ2v) is 5.12. The van der Waals surface area contributed by atoms with E-state index in [0.29, 0.717) is 18.1 Å². The molecule has 0 radical (unpaired) electrons. The van der Waals surface area contributed by atoms with E-state index >= 15 is 0 Å². The molecule has 0 aliphatic rings. The molecular formula is C14H12BrN5. The van der Waals surface area contributed by atoms with E-state index in [4.69, 9.17) is 5.73 Å². The Balaban J connectivity index is 1.86. The van der Waals surface area contributed by atoms with E-state index in [9.17, 15) is 0 Å². The molecule has 2 N–H and O–H groups in total. The predicted molar refractivity (Wildman–Crippen MR) is 80.9 cm³/mol. The van der Waals surface area contributed by atoms with E-state index < -0.39 is 0 Å². The van der Waals surface area contributed by atoms with Crippen LogP contribution in [-0.2, 0) is 6.54 Å². The number of nitrogens with zero attached hydrogens (tertiary/aromatic N) is 4. The number of hydrogen-bond acceptors (Lipinski definition) is 4. The van der Waals surface area contributed by atoms with Gasteiger partial charge in [0.2, 0.25) is 5.82 Å². The van der Waals surface area contributed by atoms with Crippen LogP contribution in [0.2, 0.25) is 0 Å². The quantitative estimate of drug-likeness (QED) is 0.750. The van der Waals surface area contributed by atoms with Gasteiger partial charge in [0.1, 0.15) is 0 Å². The summed E-state index contributed by atoms with van der Waals surface area (Å²) in [6.45, 7) is 0.519. The van der Waals surface area contributed by atoms with Crippen LogP contribution < -0.4 is 5.73 Å². The number of benzene rings is 2. The summed E-state index contributed by atoms with van der Waals surface area (Å²) in [4.78, 5) is 1.56. The van der Waals surface area contributed by atoms with Crippen LogP contribution in [0.5, 0.6) is 0 Å². The Kier molecular flexibility index (Phi) is 3.47. The summed E-state index contributed by atoms with van der Waals surface area (Å²) in [7, 11) is 0.